The number of rotatable bonds is 2. The van der Waals surface area contributed by atoms with Gasteiger partial charge in [-0.2, -0.15) is 0 Å². The fourth-order valence-electron chi connectivity index (χ4n) is 1.96. The van der Waals surface area contributed by atoms with Gasteiger partial charge in [-0.15, -0.1) is 0 Å². The first-order valence-corrected chi connectivity index (χ1v) is 6.34. The van der Waals surface area contributed by atoms with E-state index in [1.165, 1.54) is 0 Å². The predicted octanol–water partition coefficient (Wildman–Crippen LogP) is 2.17. The van der Waals surface area contributed by atoms with Gasteiger partial charge in [0.05, 0.1) is 0 Å². The van der Waals surface area contributed by atoms with E-state index >= 15 is 0 Å². The van der Waals surface area contributed by atoms with Crippen molar-refractivity contribution in [2.75, 3.05) is 11.9 Å². The summed E-state index contributed by atoms with van der Waals surface area (Å²) in [4.78, 5) is 16.2. The summed E-state index contributed by atoms with van der Waals surface area (Å²) in [6, 6.07) is 11.0. The fourth-order valence-corrected chi connectivity index (χ4v) is 1.96. The molecule has 0 spiro atoms. The van der Waals surface area contributed by atoms with Gasteiger partial charge in [0.2, 0.25) is 6.10 Å². The summed E-state index contributed by atoms with van der Waals surface area (Å²) in [5, 5.41) is 2.73. The molecule has 3 rings (SSSR count). The summed E-state index contributed by atoms with van der Waals surface area (Å²) in [6.07, 6.45) is 0.977. The lowest BCUT2D eigenvalue weighted by atomic mass is 10.2. The maximum atomic E-state index is 12.1. The fraction of sp³-hybridized carbons (Fsp3) is 0.200. The molecule has 0 unspecified atom stereocenters. The highest BCUT2D eigenvalue weighted by Gasteiger charge is 2.27. The van der Waals surface area contributed by atoms with E-state index in [-0.39, 0.29) is 12.5 Å². The van der Waals surface area contributed by atoms with Crippen LogP contribution >= 0.6 is 0 Å². The Kier molecular flexibility index (Phi) is 3.25. The monoisotopic (exact) mass is 270 g/mol. The maximum Gasteiger partial charge on any atom is 0.270 e. The van der Waals surface area contributed by atoms with Gasteiger partial charge in [0.1, 0.15) is 12.4 Å². The summed E-state index contributed by atoms with van der Waals surface area (Å²) in [5.41, 5.74) is 1.03. The Balaban J connectivity index is 1.70. The molecule has 0 fully saturated rings. The summed E-state index contributed by atoms with van der Waals surface area (Å²) in [7, 11) is 0. The van der Waals surface area contributed by atoms with Crippen LogP contribution in [0.25, 0.3) is 0 Å². The highest BCUT2D eigenvalue weighted by atomic mass is 16.6. The topological polar surface area (TPSA) is 60.5 Å². The average molecular weight is 270 g/mol. The molecular weight excluding hydrogens is 256 g/mol. The number of aromatic nitrogens is 1. The zero-order chi connectivity index (χ0) is 13.9. The molecule has 102 valence electrons. The van der Waals surface area contributed by atoms with Crippen molar-refractivity contribution < 1.29 is 14.3 Å². The second kappa shape index (κ2) is 5.21. The molecule has 5 heteroatoms. The minimum Gasteiger partial charge on any atom is -0.485 e. The van der Waals surface area contributed by atoms with E-state index < -0.39 is 6.10 Å². The Bertz CT molecular complexity index is 643. The smallest absolute Gasteiger partial charge is 0.270 e. The highest BCUT2D eigenvalue weighted by molar-refractivity contribution is 5.94. The molecule has 1 aromatic carbocycles. The molecular formula is C15H14N2O3. The van der Waals surface area contributed by atoms with Crippen molar-refractivity contribution in [2.24, 2.45) is 0 Å². The van der Waals surface area contributed by atoms with Crippen molar-refractivity contribution in [1.82, 2.24) is 4.98 Å². The number of carbonyl (C=O) groups is 1. The number of hydrogen-bond acceptors (Lipinski definition) is 4. The predicted molar refractivity (Wildman–Crippen MR) is 74.0 cm³/mol. The molecule has 2 heterocycles. The lowest BCUT2D eigenvalue weighted by molar-refractivity contribution is -0.125. The highest BCUT2D eigenvalue weighted by Crippen LogP contribution is 2.31. The Labute approximate surface area is 116 Å². The Morgan fingerprint density at radius 3 is 2.90 bits per heavy atom. The van der Waals surface area contributed by atoms with E-state index in [9.17, 15) is 4.79 Å². The van der Waals surface area contributed by atoms with Crippen LogP contribution in [-0.2, 0) is 4.79 Å². The van der Waals surface area contributed by atoms with Gasteiger partial charge >= 0.3 is 0 Å². The molecule has 1 aliphatic heterocycles. The SMILES string of the molecule is Cc1ccnc(NC(=O)[C@@H]2COc3ccccc3O2)c1. The molecule has 0 bridgehead atoms. The quantitative estimate of drug-likeness (QED) is 0.908. The van der Waals surface area contributed by atoms with Gasteiger partial charge in [0.15, 0.2) is 11.5 Å². The van der Waals surface area contributed by atoms with Crippen LogP contribution in [0.2, 0.25) is 0 Å². The van der Waals surface area contributed by atoms with E-state index in [4.69, 9.17) is 9.47 Å². The van der Waals surface area contributed by atoms with Crippen LogP contribution in [0.15, 0.2) is 42.6 Å². The van der Waals surface area contributed by atoms with Crippen LogP contribution in [0.3, 0.4) is 0 Å². The number of nitrogens with one attached hydrogen (secondary N) is 1. The minimum atomic E-state index is -0.674. The minimum absolute atomic E-state index is 0.189. The summed E-state index contributed by atoms with van der Waals surface area (Å²) < 4.78 is 11.1. The summed E-state index contributed by atoms with van der Waals surface area (Å²) >= 11 is 0. The van der Waals surface area contributed by atoms with Crippen molar-refractivity contribution in [3.05, 3.63) is 48.2 Å². The molecule has 1 amide bonds. The summed E-state index contributed by atoms with van der Waals surface area (Å²) in [5.74, 6) is 1.48. The third-order valence-electron chi connectivity index (χ3n) is 2.97. The molecule has 5 nitrogen and oxygen atoms in total. The first-order valence-electron chi connectivity index (χ1n) is 6.34. The first kappa shape index (κ1) is 12.5. The zero-order valence-electron chi connectivity index (χ0n) is 11.0. The van der Waals surface area contributed by atoms with E-state index in [2.05, 4.69) is 10.3 Å². The lowest BCUT2D eigenvalue weighted by Gasteiger charge is -2.25. The van der Waals surface area contributed by atoms with Gasteiger partial charge < -0.3 is 14.8 Å². The number of pyridine rings is 1. The zero-order valence-corrected chi connectivity index (χ0v) is 11.0. The molecule has 1 atom stereocenters. The van der Waals surface area contributed by atoms with Gasteiger partial charge in [0, 0.05) is 6.20 Å². The van der Waals surface area contributed by atoms with Crippen LogP contribution in [-0.4, -0.2) is 23.6 Å². The van der Waals surface area contributed by atoms with Crippen LogP contribution in [0, 0.1) is 6.92 Å². The molecule has 2 aromatic rings. The summed E-state index contributed by atoms with van der Waals surface area (Å²) in [6.45, 7) is 2.13. The largest absolute Gasteiger partial charge is 0.485 e. The van der Waals surface area contributed by atoms with E-state index in [1.807, 2.05) is 31.2 Å². The first-order chi connectivity index (χ1) is 9.72. The number of nitrogens with zero attached hydrogens (tertiary/aromatic N) is 1. The molecule has 0 saturated heterocycles. The molecule has 1 aromatic heterocycles. The standard InChI is InChI=1S/C15H14N2O3/c1-10-6-7-16-14(8-10)17-15(18)13-9-19-11-4-2-3-5-12(11)20-13/h2-8,13H,9H2,1H3,(H,16,17,18)/t13-/m0/s1. The van der Waals surface area contributed by atoms with Crippen molar-refractivity contribution in [3.8, 4) is 11.5 Å². The lowest BCUT2D eigenvalue weighted by Crippen LogP contribution is -2.40. The number of anilines is 1. The van der Waals surface area contributed by atoms with Gasteiger partial charge in [0.25, 0.3) is 5.91 Å². The Morgan fingerprint density at radius 1 is 1.30 bits per heavy atom. The Morgan fingerprint density at radius 2 is 2.10 bits per heavy atom. The van der Waals surface area contributed by atoms with Crippen LogP contribution in [0.4, 0.5) is 5.82 Å². The van der Waals surface area contributed by atoms with Gasteiger partial charge in [-0.1, -0.05) is 12.1 Å². The normalized spacial score (nSPS) is 16.6. The maximum absolute atomic E-state index is 12.1. The number of benzene rings is 1. The van der Waals surface area contributed by atoms with Gasteiger partial charge in [-0.05, 0) is 36.8 Å². The number of para-hydroxylation sites is 2. The number of aryl methyl sites for hydroxylation is 1. The van der Waals surface area contributed by atoms with Crippen LogP contribution in [0.5, 0.6) is 11.5 Å². The third-order valence-corrected chi connectivity index (χ3v) is 2.97. The molecule has 0 radical (unpaired) electrons. The van der Waals surface area contributed by atoms with Gasteiger partial charge in [-0.25, -0.2) is 4.98 Å². The van der Waals surface area contributed by atoms with E-state index in [0.717, 1.165) is 5.56 Å². The average Bonchev–Trinajstić information content (AvgIpc) is 2.47. The molecule has 20 heavy (non-hydrogen) atoms. The second-order valence-electron chi connectivity index (χ2n) is 4.57. The molecule has 1 aliphatic rings. The van der Waals surface area contributed by atoms with Gasteiger partial charge in [-0.3, -0.25) is 4.79 Å². The number of fused-ring (bicyclic) bond motifs is 1. The van der Waals surface area contributed by atoms with Crippen molar-refractivity contribution in [3.63, 3.8) is 0 Å². The van der Waals surface area contributed by atoms with Crippen molar-refractivity contribution >= 4 is 11.7 Å². The number of amides is 1. The van der Waals surface area contributed by atoms with E-state index in [1.54, 1.807) is 18.3 Å². The molecule has 0 saturated carbocycles. The molecule has 0 aliphatic carbocycles. The van der Waals surface area contributed by atoms with E-state index in [0.29, 0.717) is 17.3 Å². The number of hydrogen-bond donors (Lipinski definition) is 1. The van der Waals surface area contributed by atoms with Crippen LogP contribution < -0.4 is 14.8 Å². The van der Waals surface area contributed by atoms with Crippen LogP contribution in [0.1, 0.15) is 5.56 Å². The number of carbonyl (C=O) groups excluding carboxylic acids is 1. The Hall–Kier alpha value is -2.56. The third kappa shape index (κ3) is 2.56. The van der Waals surface area contributed by atoms with Crippen molar-refractivity contribution in [1.29, 1.82) is 0 Å². The second-order valence-corrected chi connectivity index (χ2v) is 4.57. The number of ether oxygens (including phenoxy) is 2. The molecule has 1 N–H and O–H groups in total. The van der Waals surface area contributed by atoms with Crippen molar-refractivity contribution in [2.45, 2.75) is 13.0 Å².